The molecule has 3 nitrogen and oxygen atoms in total. The lowest BCUT2D eigenvalue weighted by atomic mass is 9.93. The molecular formula is C14H30N2O. The first-order chi connectivity index (χ1) is 8.15. The maximum Gasteiger partial charge on any atom is 0.0610 e. The highest BCUT2D eigenvalue weighted by atomic mass is 16.3. The minimum absolute atomic E-state index is 0.123. The second-order valence-electron chi connectivity index (χ2n) is 5.64. The third-order valence-electron chi connectivity index (χ3n) is 4.40. The van der Waals surface area contributed by atoms with Crippen LogP contribution in [-0.2, 0) is 0 Å². The monoisotopic (exact) mass is 242 g/mol. The minimum Gasteiger partial charge on any atom is -0.394 e. The molecule has 0 spiro atoms. The highest BCUT2D eigenvalue weighted by molar-refractivity contribution is 4.83. The van der Waals surface area contributed by atoms with Gasteiger partial charge in [-0.1, -0.05) is 26.2 Å². The van der Waals surface area contributed by atoms with Gasteiger partial charge in [0.1, 0.15) is 0 Å². The molecule has 2 N–H and O–H groups in total. The van der Waals surface area contributed by atoms with Gasteiger partial charge in [0, 0.05) is 18.1 Å². The molecular weight excluding hydrogens is 212 g/mol. The van der Waals surface area contributed by atoms with Gasteiger partial charge < -0.3 is 15.3 Å². The Bertz CT molecular complexity index is 198. The minimum atomic E-state index is -0.123. The molecule has 0 aromatic rings. The maximum absolute atomic E-state index is 9.40. The summed E-state index contributed by atoms with van der Waals surface area (Å²) < 4.78 is 0. The molecule has 0 bridgehead atoms. The molecule has 102 valence electrons. The predicted molar refractivity (Wildman–Crippen MR) is 73.3 cm³/mol. The summed E-state index contributed by atoms with van der Waals surface area (Å²) >= 11 is 0. The molecule has 0 aromatic heterocycles. The number of hydrogen-bond acceptors (Lipinski definition) is 3. The maximum atomic E-state index is 9.40. The summed E-state index contributed by atoms with van der Waals surface area (Å²) in [5.41, 5.74) is -0.123. The molecule has 1 aliphatic carbocycles. The molecule has 0 radical (unpaired) electrons. The quantitative estimate of drug-likeness (QED) is 0.717. The summed E-state index contributed by atoms with van der Waals surface area (Å²) in [6, 6.07) is 0.786. The normalized spacial score (nSPS) is 21.7. The summed E-state index contributed by atoms with van der Waals surface area (Å²) in [7, 11) is 1.94. The molecule has 1 aliphatic rings. The summed E-state index contributed by atoms with van der Waals surface area (Å²) in [5.74, 6) is 0. The van der Waals surface area contributed by atoms with Gasteiger partial charge in [0.2, 0.25) is 0 Å². The van der Waals surface area contributed by atoms with E-state index >= 15 is 0 Å². The largest absolute Gasteiger partial charge is 0.394 e. The van der Waals surface area contributed by atoms with Crippen LogP contribution in [0.15, 0.2) is 0 Å². The van der Waals surface area contributed by atoms with Crippen LogP contribution in [0, 0.1) is 0 Å². The topological polar surface area (TPSA) is 35.5 Å². The molecule has 1 atom stereocenters. The molecule has 3 heteroatoms. The second-order valence-corrected chi connectivity index (χ2v) is 5.64. The zero-order valence-electron chi connectivity index (χ0n) is 11.8. The molecule has 0 aromatic carbocycles. The Balaban J connectivity index is 2.40. The molecule has 1 saturated carbocycles. The number of likely N-dealkylation sites (N-methyl/N-ethyl adjacent to an activating group) is 1. The molecule has 0 amide bonds. The van der Waals surface area contributed by atoms with E-state index in [9.17, 15) is 5.11 Å². The molecule has 1 rings (SSSR count). The van der Waals surface area contributed by atoms with E-state index < -0.39 is 0 Å². The molecule has 0 saturated heterocycles. The van der Waals surface area contributed by atoms with Crippen molar-refractivity contribution in [2.24, 2.45) is 0 Å². The van der Waals surface area contributed by atoms with E-state index in [0.29, 0.717) is 0 Å². The van der Waals surface area contributed by atoms with Crippen LogP contribution in [0.25, 0.3) is 0 Å². The van der Waals surface area contributed by atoms with Crippen molar-refractivity contribution in [1.29, 1.82) is 0 Å². The fourth-order valence-corrected chi connectivity index (χ4v) is 2.72. The van der Waals surface area contributed by atoms with Crippen LogP contribution in [0.2, 0.25) is 0 Å². The average Bonchev–Trinajstić information content (AvgIpc) is 2.40. The number of nitrogens with zero attached hydrogens (tertiary/aromatic N) is 1. The van der Waals surface area contributed by atoms with Crippen LogP contribution in [0.3, 0.4) is 0 Å². The molecule has 0 heterocycles. The van der Waals surface area contributed by atoms with E-state index in [1.54, 1.807) is 0 Å². The summed E-state index contributed by atoms with van der Waals surface area (Å²) in [6.45, 7) is 6.80. The molecule has 17 heavy (non-hydrogen) atoms. The van der Waals surface area contributed by atoms with Gasteiger partial charge in [-0.05, 0) is 39.8 Å². The van der Waals surface area contributed by atoms with Crippen molar-refractivity contribution in [3.05, 3.63) is 0 Å². The van der Waals surface area contributed by atoms with Crippen LogP contribution in [0.4, 0.5) is 0 Å². The van der Waals surface area contributed by atoms with E-state index in [-0.39, 0.29) is 12.1 Å². The van der Waals surface area contributed by atoms with Crippen LogP contribution < -0.4 is 5.32 Å². The Morgan fingerprint density at radius 1 is 1.29 bits per heavy atom. The van der Waals surface area contributed by atoms with Crippen molar-refractivity contribution < 1.29 is 5.11 Å². The Labute approximate surface area is 107 Å². The highest BCUT2D eigenvalue weighted by Gasteiger charge is 2.25. The fourth-order valence-electron chi connectivity index (χ4n) is 2.72. The summed E-state index contributed by atoms with van der Waals surface area (Å²) in [5, 5.41) is 12.6. The Kier molecular flexibility index (Phi) is 6.45. The van der Waals surface area contributed by atoms with Crippen LogP contribution in [-0.4, -0.2) is 48.3 Å². The Morgan fingerprint density at radius 3 is 2.41 bits per heavy atom. The number of nitrogens with one attached hydrogen (secondary N) is 1. The van der Waals surface area contributed by atoms with E-state index in [1.807, 2.05) is 7.05 Å². The van der Waals surface area contributed by atoms with Crippen LogP contribution in [0.1, 0.15) is 52.4 Å². The highest BCUT2D eigenvalue weighted by Crippen LogP contribution is 2.23. The lowest BCUT2D eigenvalue weighted by Gasteiger charge is -2.36. The van der Waals surface area contributed by atoms with Crippen LogP contribution in [0.5, 0.6) is 0 Å². The van der Waals surface area contributed by atoms with Crippen molar-refractivity contribution in [3.8, 4) is 0 Å². The zero-order chi connectivity index (χ0) is 12.7. The van der Waals surface area contributed by atoms with Gasteiger partial charge in [0.25, 0.3) is 0 Å². The van der Waals surface area contributed by atoms with E-state index in [2.05, 4.69) is 24.1 Å². The summed E-state index contributed by atoms with van der Waals surface area (Å²) in [4.78, 5) is 2.60. The standard InChI is InChI=1S/C14H30N2O/c1-4-16(13-8-6-5-7-9-13)11-10-14(2,12-17)15-3/h13,15,17H,4-12H2,1-3H3. The first-order valence-electron chi connectivity index (χ1n) is 7.19. The van der Waals surface area contributed by atoms with Crippen molar-refractivity contribution in [1.82, 2.24) is 10.2 Å². The van der Waals surface area contributed by atoms with E-state index in [1.165, 1.54) is 32.1 Å². The first kappa shape index (κ1) is 14.9. The van der Waals surface area contributed by atoms with Gasteiger partial charge in [-0.25, -0.2) is 0 Å². The van der Waals surface area contributed by atoms with Gasteiger partial charge in [-0.3, -0.25) is 0 Å². The fraction of sp³-hybridized carbons (Fsp3) is 1.00. The number of aliphatic hydroxyl groups is 1. The Hall–Kier alpha value is -0.120. The average molecular weight is 242 g/mol. The van der Waals surface area contributed by atoms with Crippen molar-refractivity contribution >= 4 is 0 Å². The SMILES string of the molecule is CCN(CCC(C)(CO)NC)C1CCCCC1. The molecule has 1 fully saturated rings. The van der Waals surface area contributed by atoms with Crippen molar-refractivity contribution in [2.75, 3.05) is 26.7 Å². The van der Waals surface area contributed by atoms with Gasteiger partial charge in [-0.2, -0.15) is 0 Å². The lowest BCUT2D eigenvalue weighted by molar-refractivity contribution is 0.120. The van der Waals surface area contributed by atoms with E-state index in [0.717, 1.165) is 25.6 Å². The number of aliphatic hydroxyl groups excluding tert-OH is 1. The molecule has 1 unspecified atom stereocenters. The van der Waals surface area contributed by atoms with Gasteiger partial charge in [0.15, 0.2) is 0 Å². The van der Waals surface area contributed by atoms with Gasteiger partial charge >= 0.3 is 0 Å². The predicted octanol–water partition coefficient (Wildman–Crippen LogP) is 2.00. The second kappa shape index (κ2) is 7.34. The smallest absolute Gasteiger partial charge is 0.0610 e. The van der Waals surface area contributed by atoms with Crippen LogP contribution >= 0.6 is 0 Å². The van der Waals surface area contributed by atoms with Crippen molar-refractivity contribution in [2.45, 2.75) is 64.0 Å². The molecule has 0 aliphatic heterocycles. The first-order valence-corrected chi connectivity index (χ1v) is 7.19. The number of hydrogen-bond donors (Lipinski definition) is 2. The third kappa shape index (κ3) is 4.57. The van der Waals surface area contributed by atoms with Gasteiger partial charge in [-0.15, -0.1) is 0 Å². The Morgan fingerprint density at radius 2 is 1.94 bits per heavy atom. The van der Waals surface area contributed by atoms with E-state index in [4.69, 9.17) is 0 Å². The van der Waals surface area contributed by atoms with Gasteiger partial charge in [0.05, 0.1) is 6.61 Å². The summed E-state index contributed by atoms with van der Waals surface area (Å²) in [6.07, 6.45) is 7.95. The van der Waals surface area contributed by atoms with Crippen molar-refractivity contribution in [3.63, 3.8) is 0 Å². The zero-order valence-corrected chi connectivity index (χ0v) is 11.8. The number of rotatable bonds is 7. The third-order valence-corrected chi connectivity index (χ3v) is 4.40. The lowest BCUT2D eigenvalue weighted by Crippen LogP contribution is -2.47.